The Morgan fingerprint density at radius 1 is 0.968 bits per heavy atom. The lowest BCUT2D eigenvalue weighted by Crippen LogP contribution is -1.98. The maximum absolute atomic E-state index is 9.62. The van der Waals surface area contributed by atoms with E-state index < -0.39 is 0 Å². The number of aromatic nitrogens is 1. The van der Waals surface area contributed by atoms with Crippen molar-refractivity contribution in [1.82, 2.24) is 4.98 Å². The van der Waals surface area contributed by atoms with Crippen LogP contribution < -0.4 is 10.1 Å². The molecule has 4 nitrogen and oxygen atoms in total. The van der Waals surface area contributed by atoms with Crippen LogP contribution in [0.25, 0.3) is 23.1 Å². The Kier molecular flexibility index (Phi) is 6.08. The first-order chi connectivity index (χ1) is 15.1. The molecule has 4 aromatic rings. The summed E-state index contributed by atoms with van der Waals surface area (Å²) in [6, 6.07) is 21.5. The highest BCUT2D eigenvalue weighted by atomic mass is 35.5. The highest BCUT2D eigenvalue weighted by Crippen LogP contribution is 2.37. The third-order valence-corrected chi connectivity index (χ3v) is 5.39. The molecule has 0 radical (unpaired) electrons. The van der Waals surface area contributed by atoms with Gasteiger partial charge in [-0.15, -0.1) is 0 Å². The minimum Gasteiger partial charge on any atom is -0.495 e. The van der Waals surface area contributed by atoms with Gasteiger partial charge in [0.15, 0.2) is 0 Å². The standard InChI is InChI=1S/C25H17Cl2N3O/c1-31-24-13-23(20(26)12-21(24)27)30-25-18(14-28)15-29-22-11-17(9-10-19(22)25)8-7-16-5-3-2-4-6-16/h2-13,15H,1H3,(H,29,30). The Morgan fingerprint density at radius 3 is 2.48 bits per heavy atom. The molecular weight excluding hydrogens is 429 g/mol. The number of nitrogens with one attached hydrogen (secondary N) is 1. The van der Waals surface area contributed by atoms with Gasteiger partial charge in [0.2, 0.25) is 0 Å². The predicted octanol–water partition coefficient (Wildman–Crippen LogP) is 7.34. The first kappa shape index (κ1) is 20.7. The molecule has 1 N–H and O–H groups in total. The molecule has 1 heterocycles. The number of benzene rings is 3. The van der Waals surface area contributed by atoms with Gasteiger partial charge in [0.05, 0.1) is 39.6 Å². The molecule has 0 spiro atoms. The first-order valence-corrected chi connectivity index (χ1v) is 10.2. The van der Waals surface area contributed by atoms with E-state index >= 15 is 0 Å². The second kappa shape index (κ2) is 9.09. The molecule has 0 aliphatic rings. The molecule has 6 heteroatoms. The summed E-state index contributed by atoms with van der Waals surface area (Å²) in [7, 11) is 1.53. The number of fused-ring (bicyclic) bond motifs is 1. The fraction of sp³-hybridized carbons (Fsp3) is 0.0400. The zero-order valence-corrected chi connectivity index (χ0v) is 18.1. The number of rotatable bonds is 5. The third-order valence-electron chi connectivity index (χ3n) is 4.78. The molecule has 0 aliphatic heterocycles. The second-order valence-corrected chi connectivity index (χ2v) is 7.59. The topological polar surface area (TPSA) is 57.9 Å². The van der Waals surface area contributed by atoms with Crippen LogP contribution in [0, 0.1) is 11.3 Å². The third kappa shape index (κ3) is 4.49. The van der Waals surface area contributed by atoms with Crippen LogP contribution >= 0.6 is 23.2 Å². The molecular formula is C25H17Cl2N3O. The van der Waals surface area contributed by atoms with Crippen LogP contribution in [0.15, 0.2) is 66.9 Å². The number of methoxy groups -OCH3 is 1. The number of nitrogens with zero attached hydrogens (tertiary/aromatic N) is 2. The fourth-order valence-electron chi connectivity index (χ4n) is 3.21. The van der Waals surface area contributed by atoms with E-state index in [9.17, 15) is 5.26 Å². The molecule has 0 saturated heterocycles. The van der Waals surface area contributed by atoms with Crippen LogP contribution in [-0.4, -0.2) is 12.1 Å². The summed E-state index contributed by atoms with van der Waals surface area (Å²) in [6.45, 7) is 0. The fourth-order valence-corrected chi connectivity index (χ4v) is 3.71. The molecule has 0 amide bonds. The van der Waals surface area contributed by atoms with E-state index in [-0.39, 0.29) is 0 Å². The Bertz CT molecular complexity index is 1330. The molecule has 0 atom stereocenters. The minimum atomic E-state index is 0.407. The van der Waals surface area contributed by atoms with Crippen LogP contribution in [0.3, 0.4) is 0 Å². The van der Waals surface area contributed by atoms with E-state index in [0.29, 0.717) is 32.7 Å². The summed E-state index contributed by atoms with van der Waals surface area (Å²) in [5, 5.41) is 14.5. The summed E-state index contributed by atoms with van der Waals surface area (Å²) in [5.41, 5.74) is 4.49. The van der Waals surface area contributed by atoms with Crippen LogP contribution in [-0.2, 0) is 0 Å². The Balaban J connectivity index is 1.75. The van der Waals surface area contributed by atoms with Crippen molar-refractivity contribution in [3.63, 3.8) is 0 Å². The molecule has 31 heavy (non-hydrogen) atoms. The van der Waals surface area contributed by atoms with Crippen molar-refractivity contribution in [2.75, 3.05) is 12.4 Å². The Morgan fingerprint density at radius 2 is 1.74 bits per heavy atom. The van der Waals surface area contributed by atoms with Gasteiger partial charge in [-0.05, 0) is 23.3 Å². The van der Waals surface area contributed by atoms with E-state index in [4.69, 9.17) is 27.9 Å². The van der Waals surface area contributed by atoms with Gasteiger partial charge >= 0.3 is 0 Å². The maximum Gasteiger partial charge on any atom is 0.139 e. The van der Waals surface area contributed by atoms with Crippen LogP contribution in [0.5, 0.6) is 5.75 Å². The highest BCUT2D eigenvalue weighted by molar-refractivity contribution is 6.37. The zero-order valence-electron chi connectivity index (χ0n) is 16.6. The van der Waals surface area contributed by atoms with Gasteiger partial charge in [-0.1, -0.05) is 77.8 Å². The molecule has 4 rings (SSSR count). The molecule has 0 aliphatic carbocycles. The van der Waals surface area contributed by atoms with E-state index in [1.807, 2.05) is 60.7 Å². The molecule has 0 saturated carbocycles. The number of halogens is 2. The average molecular weight is 446 g/mol. The molecule has 1 aromatic heterocycles. The van der Waals surface area contributed by atoms with Crippen molar-refractivity contribution in [2.45, 2.75) is 0 Å². The molecule has 0 unspecified atom stereocenters. The molecule has 0 bridgehead atoms. The number of anilines is 2. The normalized spacial score (nSPS) is 10.9. The van der Waals surface area contributed by atoms with Gasteiger partial charge in [-0.2, -0.15) is 5.26 Å². The van der Waals surface area contributed by atoms with Gasteiger partial charge in [-0.3, -0.25) is 4.98 Å². The smallest absolute Gasteiger partial charge is 0.139 e. The van der Waals surface area contributed by atoms with Crippen molar-refractivity contribution in [3.05, 3.63) is 93.6 Å². The lowest BCUT2D eigenvalue weighted by molar-refractivity contribution is 0.415. The quantitative estimate of drug-likeness (QED) is 0.326. The number of hydrogen-bond acceptors (Lipinski definition) is 4. The van der Waals surface area contributed by atoms with Crippen LogP contribution in [0.4, 0.5) is 11.4 Å². The lowest BCUT2D eigenvalue weighted by atomic mass is 10.1. The van der Waals surface area contributed by atoms with Crippen LogP contribution in [0.1, 0.15) is 16.7 Å². The number of ether oxygens (including phenoxy) is 1. The number of nitriles is 1. The number of hydrogen-bond donors (Lipinski definition) is 1. The average Bonchev–Trinajstić information content (AvgIpc) is 2.80. The van der Waals surface area contributed by atoms with E-state index in [1.54, 1.807) is 18.3 Å². The summed E-state index contributed by atoms with van der Waals surface area (Å²) in [6.07, 6.45) is 5.63. The van der Waals surface area contributed by atoms with E-state index in [1.165, 1.54) is 7.11 Å². The zero-order chi connectivity index (χ0) is 21.8. The summed E-state index contributed by atoms with van der Waals surface area (Å²) in [4.78, 5) is 4.47. The van der Waals surface area contributed by atoms with Gasteiger partial charge in [-0.25, -0.2) is 0 Å². The Hall–Kier alpha value is -3.52. The van der Waals surface area contributed by atoms with Gasteiger partial charge < -0.3 is 10.1 Å². The van der Waals surface area contributed by atoms with Gasteiger partial charge in [0, 0.05) is 17.6 Å². The summed E-state index contributed by atoms with van der Waals surface area (Å²) >= 11 is 12.5. The van der Waals surface area contributed by atoms with Crippen molar-refractivity contribution in [3.8, 4) is 11.8 Å². The largest absolute Gasteiger partial charge is 0.495 e. The second-order valence-electron chi connectivity index (χ2n) is 6.77. The minimum absolute atomic E-state index is 0.407. The lowest BCUT2D eigenvalue weighted by Gasteiger charge is -2.14. The predicted molar refractivity (Wildman–Crippen MR) is 128 cm³/mol. The van der Waals surface area contributed by atoms with Crippen molar-refractivity contribution in [2.24, 2.45) is 0 Å². The van der Waals surface area contributed by atoms with Crippen molar-refractivity contribution >= 4 is 57.6 Å². The molecule has 3 aromatic carbocycles. The van der Waals surface area contributed by atoms with Crippen molar-refractivity contribution in [1.29, 1.82) is 5.26 Å². The SMILES string of the molecule is COc1cc(Nc2c(C#N)cnc3cc(C=Cc4ccccc4)ccc23)c(Cl)cc1Cl. The van der Waals surface area contributed by atoms with Gasteiger partial charge in [0.25, 0.3) is 0 Å². The maximum atomic E-state index is 9.62. The van der Waals surface area contributed by atoms with E-state index in [0.717, 1.165) is 22.0 Å². The van der Waals surface area contributed by atoms with Gasteiger partial charge in [0.1, 0.15) is 11.8 Å². The Labute approximate surface area is 190 Å². The highest BCUT2D eigenvalue weighted by Gasteiger charge is 2.13. The molecule has 0 fully saturated rings. The monoisotopic (exact) mass is 445 g/mol. The molecule has 152 valence electrons. The van der Waals surface area contributed by atoms with E-state index in [2.05, 4.69) is 16.4 Å². The number of pyridine rings is 1. The first-order valence-electron chi connectivity index (χ1n) is 9.45. The van der Waals surface area contributed by atoms with Crippen molar-refractivity contribution < 1.29 is 4.74 Å². The van der Waals surface area contributed by atoms with Crippen LogP contribution in [0.2, 0.25) is 10.0 Å². The summed E-state index contributed by atoms with van der Waals surface area (Å²) in [5.74, 6) is 0.485. The summed E-state index contributed by atoms with van der Waals surface area (Å²) < 4.78 is 5.29.